The number of aromatic nitrogens is 3. The Morgan fingerprint density at radius 3 is 2.70 bits per heavy atom. The number of azo groups is 1. The van der Waals surface area contributed by atoms with E-state index in [2.05, 4.69) is 40.4 Å². The Morgan fingerprint density at radius 2 is 2.04 bits per heavy atom. The number of azide groups is 2. The molecule has 1 aliphatic heterocycles. The Kier molecular flexibility index (Phi) is 2.99. The molecule has 0 radical (unpaired) electrons. The lowest BCUT2D eigenvalue weighted by Gasteiger charge is -2.14. The van der Waals surface area contributed by atoms with E-state index in [1.54, 1.807) is 20.8 Å². The lowest BCUT2D eigenvalue weighted by Crippen LogP contribution is -2.13. The summed E-state index contributed by atoms with van der Waals surface area (Å²) in [7, 11) is 0. The number of nitrogens with zero attached hydrogens (tertiary/aromatic N) is 11. The quantitative estimate of drug-likeness (QED) is 0.467. The molecule has 0 saturated carbocycles. The summed E-state index contributed by atoms with van der Waals surface area (Å²) in [6.07, 6.45) is 0. The van der Waals surface area contributed by atoms with Gasteiger partial charge in [-0.05, 0) is 42.1 Å². The Morgan fingerprint density at radius 1 is 1.30 bits per heavy atom. The minimum absolute atomic E-state index is 0.00214. The highest BCUT2D eigenvalue weighted by atomic mass is 16.2. The fourth-order valence-electron chi connectivity index (χ4n) is 2.46. The van der Waals surface area contributed by atoms with Crippen LogP contribution in [-0.4, -0.2) is 20.5 Å². The van der Waals surface area contributed by atoms with Crippen molar-refractivity contribution in [2.24, 2.45) is 20.5 Å². The Hall–Kier alpha value is -3.49. The molecule has 0 fully saturated rings. The highest BCUT2D eigenvalue weighted by Gasteiger charge is 2.36. The molecule has 23 heavy (non-hydrogen) atoms. The molecule has 1 amide bonds. The molecule has 3 heterocycles. The van der Waals surface area contributed by atoms with Crippen LogP contribution in [0.5, 0.6) is 0 Å². The van der Waals surface area contributed by atoms with Crippen LogP contribution in [0, 0.1) is 6.92 Å². The van der Waals surface area contributed by atoms with Crippen LogP contribution in [0.25, 0.3) is 26.5 Å². The SMILES string of the molecule is Cc1nc2c3c(c(N=[N+]=[N-])nn2c1C(=O)N=[N+]=[N-])N=NC3(C)C. The fraction of sp³-hybridized carbons (Fsp3) is 0.364. The maximum absolute atomic E-state index is 12.0. The van der Waals surface area contributed by atoms with E-state index in [1.807, 2.05) is 0 Å². The van der Waals surface area contributed by atoms with Crippen molar-refractivity contribution in [1.82, 2.24) is 14.6 Å². The molecule has 0 bridgehead atoms. The van der Waals surface area contributed by atoms with E-state index in [1.165, 1.54) is 4.52 Å². The van der Waals surface area contributed by atoms with Gasteiger partial charge in [-0.25, -0.2) is 9.50 Å². The molecule has 12 heteroatoms. The molecule has 0 unspecified atom stereocenters. The van der Waals surface area contributed by atoms with Gasteiger partial charge in [0.15, 0.2) is 11.5 Å². The molecule has 0 spiro atoms. The van der Waals surface area contributed by atoms with Crippen molar-refractivity contribution in [2.75, 3.05) is 0 Å². The van der Waals surface area contributed by atoms with Gasteiger partial charge in [0, 0.05) is 9.82 Å². The number of amides is 1. The van der Waals surface area contributed by atoms with Crippen molar-refractivity contribution in [2.45, 2.75) is 26.3 Å². The van der Waals surface area contributed by atoms with Crippen LogP contribution in [0.3, 0.4) is 0 Å². The first-order chi connectivity index (χ1) is 10.9. The van der Waals surface area contributed by atoms with Gasteiger partial charge in [0.25, 0.3) is 5.91 Å². The predicted octanol–water partition coefficient (Wildman–Crippen LogP) is 3.76. The third-order valence-electron chi connectivity index (χ3n) is 3.39. The number of carbonyl (C=O) groups excluding carboxylic acids is 1. The van der Waals surface area contributed by atoms with Gasteiger partial charge in [0.05, 0.1) is 11.3 Å². The monoisotopic (exact) mass is 311 g/mol. The zero-order valence-electron chi connectivity index (χ0n) is 12.3. The van der Waals surface area contributed by atoms with E-state index in [0.717, 1.165) is 0 Å². The molecule has 0 N–H and O–H groups in total. The van der Waals surface area contributed by atoms with E-state index in [9.17, 15) is 4.79 Å². The molecule has 3 rings (SSSR count). The molecule has 2 aromatic rings. The number of imidazole rings is 1. The average molecular weight is 311 g/mol. The van der Waals surface area contributed by atoms with Crippen molar-refractivity contribution in [1.29, 1.82) is 0 Å². The Balaban J connectivity index is 2.48. The summed E-state index contributed by atoms with van der Waals surface area (Å²) >= 11 is 0. The van der Waals surface area contributed by atoms with Crippen molar-refractivity contribution in [3.05, 3.63) is 37.8 Å². The van der Waals surface area contributed by atoms with E-state index in [-0.39, 0.29) is 11.5 Å². The molecule has 2 aromatic heterocycles. The Bertz CT molecular complexity index is 985. The van der Waals surface area contributed by atoms with Gasteiger partial charge in [-0.15, -0.1) is 0 Å². The molecular weight excluding hydrogens is 302 g/mol. The van der Waals surface area contributed by atoms with Gasteiger partial charge in [0.2, 0.25) is 0 Å². The Labute approximate surface area is 128 Å². The number of hydrogen-bond donors (Lipinski definition) is 0. The second kappa shape index (κ2) is 4.77. The minimum atomic E-state index is -0.832. The van der Waals surface area contributed by atoms with Gasteiger partial charge in [-0.3, -0.25) is 4.79 Å². The predicted molar refractivity (Wildman–Crippen MR) is 77.5 cm³/mol. The zero-order valence-corrected chi connectivity index (χ0v) is 12.3. The molecule has 114 valence electrons. The van der Waals surface area contributed by atoms with Gasteiger partial charge < -0.3 is 0 Å². The van der Waals surface area contributed by atoms with E-state index in [4.69, 9.17) is 11.1 Å². The van der Waals surface area contributed by atoms with Crippen LogP contribution in [0.4, 0.5) is 11.5 Å². The van der Waals surface area contributed by atoms with Crippen molar-refractivity contribution in [3.63, 3.8) is 0 Å². The molecule has 0 aromatic carbocycles. The minimum Gasteiger partial charge on any atom is -0.285 e. The maximum Gasteiger partial charge on any atom is 0.269 e. The highest BCUT2D eigenvalue weighted by Crippen LogP contribution is 2.46. The number of fused-ring (bicyclic) bond motifs is 3. The molecule has 0 aliphatic carbocycles. The van der Waals surface area contributed by atoms with Crippen molar-refractivity contribution >= 4 is 23.1 Å². The zero-order chi connectivity index (χ0) is 16.8. The first-order valence-corrected chi connectivity index (χ1v) is 6.42. The summed E-state index contributed by atoms with van der Waals surface area (Å²) < 4.78 is 1.20. The largest absolute Gasteiger partial charge is 0.285 e. The van der Waals surface area contributed by atoms with Gasteiger partial charge in [-0.1, -0.05) is 0 Å². The summed E-state index contributed by atoms with van der Waals surface area (Å²) in [5, 5.41) is 18.8. The standard InChI is InChI=1S/C11H9N11O/c1-4-7(10(23)17-21-13)22-9(14-4)5-6(8(18-22)16-20-12)15-19-11(5,2)3/h1-3H3. The van der Waals surface area contributed by atoms with Crippen LogP contribution in [0.1, 0.15) is 35.6 Å². The second-order valence-electron chi connectivity index (χ2n) is 5.27. The molecule has 12 nitrogen and oxygen atoms in total. The summed E-state index contributed by atoms with van der Waals surface area (Å²) in [5.74, 6) is -0.863. The average Bonchev–Trinajstić information content (AvgIpc) is 2.96. The normalized spacial score (nSPS) is 14.2. The molecule has 1 aliphatic rings. The summed E-state index contributed by atoms with van der Waals surface area (Å²) in [6, 6.07) is 0. The molecule has 0 saturated heterocycles. The van der Waals surface area contributed by atoms with Crippen molar-refractivity contribution in [3.8, 4) is 0 Å². The van der Waals surface area contributed by atoms with E-state index >= 15 is 0 Å². The van der Waals surface area contributed by atoms with Crippen LogP contribution < -0.4 is 0 Å². The number of aryl methyl sites for hydroxylation is 1. The van der Waals surface area contributed by atoms with Crippen LogP contribution >= 0.6 is 0 Å². The lowest BCUT2D eigenvalue weighted by molar-refractivity contribution is 0.0993. The lowest BCUT2D eigenvalue weighted by atomic mass is 9.96. The summed E-state index contributed by atoms with van der Waals surface area (Å²) in [4.78, 5) is 21.5. The van der Waals surface area contributed by atoms with Gasteiger partial charge in [0.1, 0.15) is 16.9 Å². The van der Waals surface area contributed by atoms with Crippen molar-refractivity contribution < 1.29 is 4.79 Å². The van der Waals surface area contributed by atoms with Crippen LogP contribution in [0.15, 0.2) is 20.5 Å². The van der Waals surface area contributed by atoms with Crippen LogP contribution in [-0.2, 0) is 5.54 Å². The topological polar surface area (TPSA) is 170 Å². The third-order valence-corrected chi connectivity index (χ3v) is 3.39. The number of rotatable bonds is 2. The van der Waals surface area contributed by atoms with E-state index in [0.29, 0.717) is 22.6 Å². The van der Waals surface area contributed by atoms with E-state index < -0.39 is 11.4 Å². The summed E-state index contributed by atoms with van der Waals surface area (Å²) in [5.41, 5.74) is 18.0. The fourth-order valence-corrected chi connectivity index (χ4v) is 2.46. The molecular formula is C11H9N11O. The van der Waals surface area contributed by atoms with Crippen LogP contribution in [0.2, 0.25) is 0 Å². The second-order valence-corrected chi connectivity index (χ2v) is 5.27. The van der Waals surface area contributed by atoms with Gasteiger partial charge >= 0.3 is 0 Å². The van der Waals surface area contributed by atoms with Gasteiger partial charge in [-0.2, -0.15) is 15.3 Å². The number of carbonyl (C=O) groups is 1. The smallest absolute Gasteiger partial charge is 0.269 e. The first-order valence-electron chi connectivity index (χ1n) is 6.42. The maximum atomic E-state index is 12.0. The molecule has 0 atom stereocenters. The summed E-state index contributed by atoms with van der Waals surface area (Å²) in [6.45, 7) is 5.20. The number of hydrogen-bond acceptors (Lipinski definition) is 6. The first kappa shape index (κ1) is 14.4. The highest BCUT2D eigenvalue weighted by molar-refractivity contribution is 5.95. The third kappa shape index (κ3) is 1.98.